The number of thiophene rings is 2. The van der Waals surface area contributed by atoms with Crippen LogP contribution in [0.25, 0.3) is 0 Å². The Hall–Kier alpha value is -2.20. The highest BCUT2D eigenvalue weighted by Gasteiger charge is 2.31. The summed E-state index contributed by atoms with van der Waals surface area (Å²) in [4.78, 5) is 15.3. The first-order chi connectivity index (χ1) is 15.5. The molecule has 1 amide bonds. The van der Waals surface area contributed by atoms with Gasteiger partial charge in [0.25, 0.3) is 15.9 Å². The van der Waals surface area contributed by atoms with Crippen LogP contribution >= 0.6 is 22.7 Å². The molecule has 0 spiro atoms. The first-order valence-electron chi connectivity index (χ1n) is 10.7. The molecule has 0 radical (unpaired) electrons. The number of amides is 1. The molecule has 3 heterocycles. The van der Waals surface area contributed by atoms with Gasteiger partial charge in [0.1, 0.15) is 16.6 Å². The zero-order chi connectivity index (χ0) is 22.1. The molecule has 1 aromatic carbocycles. The minimum Gasteiger partial charge on any atom is -0.489 e. The summed E-state index contributed by atoms with van der Waals surface area (Å²) in [6.45, 7) is 1.83. The lowest BCUT2D eigenvalue weighted by Gasteiger charge is -2.33. The van der Waals surface area contributed by atoms with E-state index in [1.807, 2.05) is 17.5 Å². The fourth-order valence-electron chi connectivity index (χ4n) is 4.19. The van der Waals surface area contributed by atoms with Crippen molar-refractivity contribution in [1.29, 1.82) is 0 Å². The second-order valence-electron chi connectivity index (χ2n) is 8.02. The second-order valence-corrected chi connectivity index (χ2v) is 12.0. The van der Waals surface area contributed by atoms with E-state index in [-0.39, 0.29) is 5.91 Å². The first-order valence-corrected chi connectivity index (χ1v) is 13.9. The zero-order valence-electron chi connectivity index (χ0n) is 17.5. The maximum Gasteiger partial charge on any atom is 0.264 e. The standard InChI is InChI=1S/C23H24N2O4S3/c26-23(24-8-10-25(11-9-24)32(27,28)22-5-2-12-30-22)21-13-17(16-31-21)15-29-20-7-6-18-3-1-4-19(18)14-20/h2,5-7,12-14,16H,1,3-4,8-11,15H2. The highest BCUT2D eigenvalue weighted by Crippen LogP contribution is 2.27. The van der Waals surface area contributed by atoms with Crippen LogP contribution in [0.15, 0.2) is 51.4 Å². The Bertz CT molecular complexity index is 1210. The highest BCUT2D eigenvalue weighted by molar-refractivity contribution is 7.91. The largest absolute Gasteiger partial charge is 0.489 e. The molecule has 0 N–H and O–H groups in total. The Morgan fingerprint density at radius 2 is 1.81 bits per heavy atom. The molecule has 1 saturated heterocycles. The van der Waals surface area contributed by atoms with Crippen LogP contribution in [0.5, 0.6) is 5.75 Å². The molecule has 1 aliphatic carbocycles. The van der Waals surface area contributed by atoms with Crippen LogP contribution in [0.1, 0.15) is 32.8 Å². The second kappa shape index (κ2) is 8.97. The van der Waals surface area contributed by atoms with Gasteiger partial charge in [0, 0.05) is 31.7 Å². The average Bonchev–Trinajstić information content (AvgIpc) is 3.58. The maximum absolute atomic E-state index is 12.9. The summed E-state index contributed by atoms with van der Waals surface area (Å²) in [5.74, 6) is 0.819. The van der Waals surface area contributed by atoms with Crippen molar-refractivity contribution in [3.05, 3.63) is 68.7 Å². The number of aryl methyl sites for hydroxylation is 2. The Labute approximate surface area is 196 Å². The number of carbonyl (C=O) groups is 1. The summed E-state index contributed by atoms with van der Waals surface area (Å²) in [5, 5.41) is 3.72. The van der Waals surface area contributed by atoms with E-state index in [1.165, 1.54) is 44.5 Å². The van der Waals surface area contributed by atoms with E-state index in [2.05, 4.69) is 12.1 Å². The number of piperazine rings is 1. The molecule has 1 aliphatic heterocycles. The fourth-order valence-corrected chi connectivity index (χ4v) is 7.62. The third kappa shape index (κ3) is 4.34. The van der Waals surface area contributed by atoms with Crippen molar-refractivity contribution < 1.29 is 17.9 Å². The number of sulfonamides is 1. The van der Waals surface area contributed by atoms with Gasteiger partial charge in [-0.2, -0.15) is 4.31 Å². The highest BCUT2D eigenvalue weighted by atomic mass is 32.2. The summed E-state index contributed by atoms with van der Waals surface area (Å²) < 4.78 is 33.1. The van der Waals surface area contributed by atoms with Crippen molar-refractivity contribution in [1.82, 2.24) is 9.21 Å². The van der Waals surface area contributed by atoms with Gasteiger partial charge in [0.2, 0.25) is 0 Å². The van der Waals surface area contributed by atoms with Gasteiger partial charge in [0.15, 0.2) is 0 Å². The van der Waals surface area contributed by atoms with Gasteiger partial charge >= 0.3 is 0 Å². The van der Waals surface area contributed by atoms with Gasteiger partial charge in [-0.25, -0.2) is 8.42 Å². The lowest BCUT2D eigenvalue weighted by Crippen LogP contribution is -2.50. The quantitative estimate of drug-likeness (QED) is 0.526. The molecule has 3 aromatic rings. The van der Waals surface area contributed by atoms with Crippen molar-refractivity contribution in [2.75, 3.05) is 26.2 Å². The van der Waals surface area contributed by atoms with Crippen LogP contribution in [0.3, 0.4) is 0 Å². The monoisotopic (exact) mass is 488 g/mol. The molecule has 168 valence electrons. The molecule has 0 atom stereocenters. The van der Waals surface area contributed by atoms with Crippen LogP contribution in [0, 0.1) is 0 Å². The number of hydrogen-bond donors (Lipinski definition) is 0. The van der Waals surface area contributed by atoms with Crippen molar-refractivity contribution >= 4 is 38.6 Å². The third-order valence-electron chi connectivity index (χ3n) is 5.96. The summed E-state index contributed by atoms with van der Waals surface area (Å²) in [5.41, 5.74) is 3.77. The first kappa shape index (κ1) is 21.6. The molecule has 0 saturated carbocycles. The molecular formula is C23H24N2O4S3. The van der Waals surface area contributed by atoms with E-state index >= 15 is 0 Å². The number of nitrogens with zero attached hydrogens (tertiary/aromatic N) is 2. The Morgan fingerprint density at radius 3 is 2.59 bits per heavy atom. The number of rotatable bonds is 6. The van der Waals surface area contributed by atoms with Gasteiger partial charge in [-0.1, -0.05) is 12.1 Å². The molecule has 5 rings (SSSR count). The number of benzene rings is 1. The van der Waals surface area contributed by atoms with Crippen LogP contribution in [-0.2, 0) is 29.5 Å². The topological polar surface area (TPSA) is 66.9 Å². The molecule has 9 heteroatoms. The molecule has 32 heavy (non-hydrogen) atoms. The Kier molecular flexibility index (Phi) is 6.07. The average molecular weight is 489 g/mol. The molecule has 0 unspecified atom stereocenters. The van der Waals surface area contributed by atoms with Crippen molar-refractivity contribution in [3.63, 3.8) is 0 Å². The smallest absolute Gasteiger partial charge is 0.264 e. The summed E-state index contributed by atoms with van der Waals surface area (Å²) >= 11 is 2.63. The lowest BCUT2D eigenvalue weighted by atomic mass is 10.1. The fraction of sp³-hybridized carbons (Fsp3) is 0.348. The number of fused-ring (bicyclic) bond motifs is 1. The summed E-state index contributed by atoms with van der Waals surface area (Å²) in [7, 11) is -3.47. The predicted molar refractivity (Wildman–Crippen MR) is 126 cm³/mol. The number of ether oxygens (including phenoxy) is 1. The van der Waals surface area contributed by atoms with E-state index in [0.717, 1.165) is 24.2 Å². The zero-order valence-corrected chi connectivity index (χ0v) is 20.0. The minimum atomic E-state index is -3.47. The van der Waals surface area contributed by atoms with Gasteiger partial charge in [-0.05, 0) is 65.4 Å². The summed E-state index contributed by atoms with van der Waals surface area (Å²) in [6.07, 6.45) is 3.48. The molecular weight excluding hydrogens is 464 g/mol. The van der Waals surface area contributed by atoms with E-state index in [9.17, 15) is 13.2 Å². The Morgan fingerprint density at radius 1 is 1.00 bits per heavy atom. The normalized spacial score (nSPS) is 16.8. The van der Waals surface area contributed by atoms with Crippen LogP contribution in [-0.4, -0.2) is 49.7 Å². The lowest BCUT2D eigenvalue weighted by molar-refractivity contribution is 0.0703. The molecule has 2 aromatic heterocycles. The van der Waals surface area contributed by atoms with E-state index in [0.29, 0.717) is 41.9 Å². The SMILES string of the molecule is O=C(c1cc(COc2ccc3c(c2)CCC3)cs1)N1CCN(S(=O)(=O)c2cccs2)CC1. The van der Waals surface area contributed by atoms with Crippen LogP contribution < -0.4 is 4.74 Å². The number of hydrogen-bond acceptors (Lipinski definition) is 6. The Balaban J connectivity index is 1.17. The van der Waals surface area contributed by atoms with Crippen LogP contribution in [0.2, 0.25) is 0 Å². The molecule has 0 bridgehead atoms. The van der Waals surface area contributed by atoms with Crippen molar-refractivity contribution in [3.8, 4) is 5.75 Å². The number of carbonyl (C=O) groups excluding carboxylic acids is 1. The van der Waals surface area contributed by atoms with Gasteiger partial charge in [-0.15, -0.1) is 22.7 Å². The van der Waals surface area contributed by atoms with Crippen molar-refractivity contribution in [2.45, 2.75) is 30.1 Å². The van der Waals surface area contributed by atoms with Crippen LogP contribution in [0.4, 0.5) is 0 Å². The predicted octanol–water partition coefficient (Wildman–Crippen LogP) is 4.02. The van der Waals surface area contributed by atoms with E-state index in [1.54, 1.807) is 22.4 Å². The summed E-state index contributed by atoms with van der Waals surface area (Å²) in [6, 6.07) is 11.5. The molecule has 1 fully saturated rings. The minimum absolute atomic E-state index is 0.0491. The maximum atomic E-state index is 12.9. The van der Waals surface area contributed by atoms with Gasteiger partial charge in [-0.3, -0.25) is 4.79 Å². The van der Waals surface area contributed by atoms with Crippen molar-refractivity contribution in [2.24, 2.45) is 0 Å². The molecule has 2 aliphatic rings. The molecule has 6 nitrogen and oxygen atoms in total. The van der Waals surface area contributed by atoms with E-state index < -0.39 is 10.0 Å². The van der Waals surface area contributed by atoms with Gasteiger partial charge in [0.05, 0.1) is 4.88 Å². The third-order valence-corrected chi connectivity index (χ3v) is 10.2. The van der Waals surface area contributed by atoms with Gasteiger partial charge < -0.3 is 9.64 Å². The van der Waals surface area contributed by atoms with E-state index in [4.69, 9.17) is 4.74 Å².